The second-order valence-electron chi connectivity index (χ2n) is 10.7. The van der Waals surface area contributed by atoms with Crippen molar-refractivity contribution >= 4 is 16.7 Å². The number of H-pyrrole nitrogens is 1. The van der Waals surface area contributed by atoms with Crippen molar-refractivity contribution in [2.24, 2.45) is 11.8 Å². The number of carbonyl (C=O) groups is 1. The number of nitrogens with one attached hydrogen (secondary N) is 1. The Hall–Kier alpha value is -2.37. The van der Waals surface area contributed by atoms with Crippen LogP contribution in [-0.4, -0.2) is 85.7 Å². The minimum atomic E-state index is -1.51. The lowest BCUT2D eigenvalue weighted by Gasteiger charge is -2.61. The molecular formula is C28H34N2O7. The number of aliphatic hydroxyl groups is 4. The highest BCUT2D eigenvalue weighted by Gasteiger charge is 2.58. The molecule has 0 amide bonds. The average Bonchev–Trinajstić information content (AvgIpc) is 3.27. The molecule has 1 aromatic heterocycles. The largest absolute Gasteiger partial charge is 0.394 e. The first-order chi connectivity index (χ1) is 17.8. The zero-order chi connectivity index (χ0) is 26.0. The summed E-state index contributed by atoms with van der Waals surface area (Å²) in [4.78, 5) is 17.8. The topological polar surface area (TPSA) is 135 Å². The van der Waals surface area contributed by atoms with Crippen LogP contribution in [0.25, 0.3) is 10.9 Å². The summed E-state index contributed by atoms with van der Waals surface area (Å²) < 4.78 is 12.2. The molecule has 2 aromatic rings. The number of hydrogen-bond acceptors (Lipinski definition) is 8. The van der Waals surface area contributed by atoms with Gasteiger partial charge in [-0.15, -0.1) is 0 Å². The molecule has 0 aliphatic carbocycles. The van der Waals surface area contributed by atoms with E-state index in [1.165, 1.54) is 10.9 Å². The van der Waals surface area contributed by atoms with Crippen LogP contribution in [0, 0.1) is 11.8 Å². The van der Waals surface area contributed by atoms with Crippen LogP contribution in [-0.2, 0) is 20.7 Å². The predicted octanol–water partition coefficient (Wildman–Crippen LogP) is 1.32. The van der Waals surface area contributed by atoms with Gasteiger partial charge in [-0.05, 0) is 61.8 Å². The number of benzene rings is 1. The lowest BCUT2D eigenvalue weighted by molar-refractivity contribution is -0.330. The molecule has 5 aliphatic rings. The maximum Gasteiger partial charge on any atom is 0.188 e. The highest BCUT2D eigenvalue weighted by molar-refractivity contribution is 5.87. The summed E-state index contributed by atoms with van der Waals surface area (Å²) in [6, 6.07) is 8.36. The third-order valence-corrected chi connectivity index (χ3v) is 8.70. The molecule has 4 fully saturated rings. The molecule has 198 valence electrons. The molecule has 1 aromatic carbocycles. The fourth-order valence-electron chi connectivity index (χ4n) is 7.03. The van der Waals surface area contributed by atoms with E-state index in [0.29, 0.717) is 0 Å². The van der Waals surface area contributed by atoms with Crippen LogP contribution in [0.3, 0.4) is 0 Å². The second-order valence-corrected chi connectivity index (χ2v) is 10.7. The van der Waals surface area contributed by atoms with Gasteiger partial charge in [-0.3, -0.25) is 9.69 Å². The van der Waals surface area contributed by atoms with Gasteiger partial charge in [0.1, 0.15) is 30.6 Å². The van der Waals surface area contributed by atoms with E-state index in [1.807, 2.05) is 31.2 Å². The van der Waals surface area contributed by atoms with Gasteiger partial charge >= 0.3 is 0 Å². The maximum absolute atomic E-state index is 11.9. The molecule has 5 aliphatic heterocycles. The van der Waals surface area contributed by atoms with Crippen molar-refractivity contribution < 1.29 is 34.7 Å². The molecule has 7 rings (SSSR count). The highest BCUT2D eigenvalue weighted by atomic mass is 16.7. The number of para-hydroxylation sites is 1. The maximum atomic E-state index is 11.9. The molecule has 11 unspecified atom stereocenters. The van der Waals surface area contributed by atoms with Gasteiger partial charge in [0.2, 0.25) is 0 Å². The fourth-order valence-corrected chi connectivity index (χ4v) is 7.03. The molecular weight excluding hydrogens is 476 g/mol. The van der Waals surface area contributed by atoms with E-state index < -0.39 is 43.5 Å². The summed E-state index contributed by atoms with van der Waals surface area (Å²) in [5.41, 5.74) is 4.57. The number of ether oxygens (including phenoxy) is 2. The van der Waals surface area contributed by atoms with E-state index >= 15 is 0 Å². The van der Waals surface area contributed by atoms with Crippen molar-refractivity contribution in [1.82, 2.24) is 9.88 Å². The van der Waals surface area contributed by atoms with Gasteiger partial charge in [0.05, 0.1) is 12.6 Å². The van der Waals surface area contributed by atoms with Crippen molar-refractivity contribution in [2.75, 3.05) is 6.61 Å². The molecule has 9 heteroatoms. The average molecular weight is 511 g/mol. The Morgan fingerprint density at radius 3 is 2.73 bits per heavy atom. The Morgan fingerprint density at radius 1 is 1.22 bits per heavy atom. The first kappa shape index (κ1) is 24.9. The zero-order valence-corrected chi connectivity index (χ0v) is 20.9. The SMILES string of the molecule is C/C=C1\C2CC3c4[nH]c5ccccc5c4CC(C2/C=C/C(C)=O)N3C1OC1OC(CO)C(O)C(O)C1O. The summed E-state index contributed by atoms with van der Waals surface area (Å²) in [5.74, 6) is 0.214. The monoisotopic (exact) mass is 510 g/mol. The van der Waals surface area contributed by atoms with Crippen LogP contribution in [0.2, 0.25) is 0 Å². The van der Waals surface area contributed by atoms with E-state index in [4.69, 9.17) is 9.47 Å². The summed E-state index contributed by atoms with van der Waals surface area (Å²) in [6.45, 7) is 3.00. The molecule has 9 nitrogen and oxygen atoms in total. The lowest BCUT2D eigenvalue weighted by atomic mass is 9.63. The number of aromatic nitrogens is 1. The Kier molecular flexibility index (Phi) is 6.35. The highest BCUT2D eigenvalue weighted by Crippen LogP contribution is 2.57. The molecule has 4 bridgehead atoms. The van der Waals surface area contributed by atoms with Gasteiger partial charge in [0, 0.05) is 22.6 Å². The van der Waals surface area contributed by atoms with Gasteiger partial charge < -0.3 is 34.9 Å². The minimum Gasteiger partial charge on any atom is -0.394 e. The minimum absolute atomic E-state index is 0.00716. The third kappa shape index (κ3) is 3.84. The van der Waals surface area contributed by atoms with Gasteiger partial charge in [-0.25, -0.2) is 0 Å². The summed E-state index contributed by atoms with van der Waals surface area (Å²) in [6.07, 6.45) is 0.0923. The number of carbonyl (C=O) groups excluding carboxylic acids is 1. The van der Waals surface area contributed by atoms with Crippen LogP contribution >= 0.6 is 0 Å². The van der Waals surface area contributed by atoms with Gasteiger partial charge in [0.15, 0.2) is 12.1 Å². The second kappa shape index (κ2) is 9.43. The molecule has 0 radical (unpaired) electrons. The number of hydrogen-bond donors (Lipinski definition) is 5. The number of piperidine rings is 3. The van der Waals surface area contributed by atoms with Crippen LogP contribution in [0.1, 0.15) is 37.6 Å². The third-order valence-electron chi connectivity index (χ3n) is 8.70. The quantitative estimate of drug-likeness (QED) is 0.300. The molecule has 37 heavy (non-hydrogen) atoms. The van der Waals surface area contributed by atoms with Crippen molar-refractivity contribution in [1.29, 1.82) is 0 Å². The van der Waals surface area contributed by atoms with E-state index in [-0.39, 0.29) is 29.7 Å². The number of rotatable bonds is 5. The molecule has 11 atom stereocenters. The molecule has 6 heterocycles. The standard InChI is InChI=1S/C28H34N2O7/c1-3-14-17-10-21-23-18(15-6-4-5-7-19(15)29-23)11-20(16(17)9-8-13(2)32)30(21)27(14)37-28-26(35)25(34)24(33)22(12-31)36-28/h3-9,16-17,20-22,24-29,31,33-35H,10-12H2,1-2H3/b9-8+,14-3+. The summed E-state index contributed by atoms with van der Waals surface area (Å²) >= 11 is 0. The van der Waals surface area contributed by atoms with Crippen molar-refractivity contribution in [3.8, 4) is 0 Å². The number of ketones is 1. The Balaban J connectivity index is 1.41. The number of allylic oxidation sites excluding steroid dienone is 2. The Morgan fingerprint density at radius 2 is 2.00 bits per heavy atom. The number of nitrogens with zero attached hydrogens (tertiary/aromatic N) is 1. The molecule has 4 saturated heterocycles. The number of aromatic amines is 1. The van der Waals surface area contributed by atoms with Crippen LogP contribution in [0.4, 0.5) is 0 Å². The first-order valence-electron chi connectivity index (χ1n) is 13.0. The van der Waals surface area contributed by atoms with Crippen LogP contribution in [0.5, 0.6) is 0 Å². The smallest absolute Gasteiger partial charge is 0.188 e. The normalized spacial score (nSPS) is 42.0. The summed E-state index contributed by atoms with van der Waals surface area (Å²) in [5, 5.41) is 42.1. The van der Waals surface area contributed by atoms with Gasteiger partial charge in [0.25, 0.3) is 0 Å². The van der Waals surface area contributed by atoms with E-state index in [1.54, 1.807) is 13.0 Å². The summed E-state index contributed by atoms with van der Waals surface area (Å²) in [7, 11) is 0. The van der Waals surface area contributed by atoms with Crippen molar-refractivity contribution in [3.05, 3.63) is 59.3 Å². The fraction of sp³-hybridized carbons (Fsp3) is 0.536. The van der Waals surface area contributed by atoms with Crippen LogP contribution < -0.4 is 0 Å². The van der Waals surface area contributed by atoms with Gasteiger partial charge in [-0.2, -0.15) is 0 Å². The number of aliphatic hydroxyl groups excluding tert-OH is 4. The first-order valence-corrected chi connectivity index (χ1v) is 13.0. The van der Waals surface area contributed by atoms with E-state index in [2.05, 4.69) is 22.0 Å². The van der Waals surface area contributed by atoms with Crippen LogP contribution in [0.15, 0.2) is 48.1 Å². The molecule has 5 N–H and O–H groups in total. The van der Waals surface area contributed by atoms with E-state index in [9.17, 15) is 25.2 Å². The number of fused-ring (bicyclic) bond motifs is 4. The zero-order valence-electron chi connectivity index (χ0n) is 20.9. The van der Waals surface area contributed by atoms with Crippen molar-refractivity contribution in [3.63, 3.8) is 0 Å². The predicted molar refractivity (Wildman–Crippen MR) is 134 cm³/mol. The van der Waals surface area contributed by atoms with Crippen molar-refractivity contribution in [2.45, 2.75) is 75.7 Å². The lowest BCUT2D eigenvalue weighted by Crippen LogP contribution is -2.67. The molecule has 0 saturated carbocycles. The molecule has 0 spiro atoms. The Labute approximate surface area is 215 Å². The van der Waals surface area contributed by atoms with Gasteiger partial charge in [-0.1, -0.05) is 30.4 Å². The van der Waals surface area contributed by atoms with E-state index in [0.717, 1.165) is 29.6 Å². The Bertz CT molecular complexity index is 1250.